The Kier molecular flexibility index (Phi) is 2.65. The first-order chi connectivity index (χ1) is 4.70. The number of rotatable bonds is 1. The molecule has 1 aliphatic heterocycles. The van der Waals surface area contributed by atoms with Crippen molar-refractivity contribution in [3.8, 4) is 0 Å². The molecular formula is C7H15NO2. The van der Waals surface area contributed by atoms with Gasteiger partial charge in [-0.05, 0) is 5.92 Å². The van der Waals surface area contributed by atoms with Crippen molar-refractivity contribution in [3.05, 3.63) is 0 Å². The fourth-order valence-electron chi connectivity index (χ4n) is 1.06. The molecule has 1 unspecified atom stereocenters. The Hall–Kier alpha value is -0.120. The maximum atomic E-state index is 9.08. The maximum Gasteiger partial charge on any atom is 0.0748 e. The molecular weight excluding hydrogens is 130 g/mol. The molecule has 0 saturated carbocycles. The predicted molar refractivity (Wildman–Crippen MR) is 37.9 cm³/mol. The molecule has 0 aliphatic carbocycles. The van der Waals surface area contributed by atoms with Gasteiger partial charge in [-0.2, -0.15) is 5.06 Å². The molecule has 60 valence electrons. The zero-order chi connectivity index (χ0) is 7.56. The molecule has 0 amide bonds. The van der Waals surface area contributed by atoms with Gasteiger partial charge in [-0.3, -0.25) is 0 Å². The Balaban J connectivity index is 2.32. The number of hydrogen-bond donors (Lipinski definition) is 1. The van der Waals surface area contributed by atoms with E-state index in [0.29, 0.717) is 25.6 Å². The van der Waals surface area contributed by atoms with E-state index in [1.807, 2.05) is 0 Å². The Bertz CT molecular complexity index is 106. The van der Waals surface area contributed by atoms with E-state index in [0.717, 1.165) is 0 Å². The van der Waals surface area contributed by atoms with E-state index in [1.165, 1.54) is 5.06 Å². The fourth-order valence-corrected chi connectivity index (χ4v) is 1.06. The minimum Gasteiger partial charge on any atom is -0.375 e. The van der Waals surface area contributed by atoms with Crippen LogP contribution in [-0.2, 0) is 4.74 Å². The van der Waals surface area contributed by atoms with Crippen LogP contribution in [0.2, 0.25) is 0 Å². The molecule has 0 aromatic heterocycles. The van der Waals surface area contributed by atoms with Gasteiger partial charge in [0, 0.05) is 6.54 Å². The van der Waals surface area contributed by atoms with Gasteiger partial charge in [-0.15, -0.1) is 0 Å². The zero-order valence-corrected chi connectivity index (χ0v) is 6.58. The lowest BCUT2D eigenvalue weighted by molar-refractivity contribution is -0.177. The van der Waals surface area contributed by atoms with Gasteiger partial charge in [-0.25, -0.2) is 0 Å². The number of morpholine rings is 1. The maximum absolute atomic E-state index is 9.08. The molecule has 3 heteroatoms. The van der Waals surface area contributed by atoms with Crippen molar-refractivity contribution >= 4 is 0 Å². The molecule has 1 atom stereocenters. The minimum absolute atomic E-state index is 0.207. The van der Waals surface area contributed by atoms with E-state index in [2.05, 4.69) is 13.8 Å². The summed E-state index contributed by atoms with van der Waals surface area (Å²) in [6.45, 7) is 6.15. The molecule has 1 aliphatic rings. The molecule has 1 heterocycles. The van der Waals surface area contributed by atoms with Crippen LogP contribution < -0.4 is 0 Å². The molecule has 3 nitrogen and oxygen atoms in total. The summed E-state index contributed by atoms with van der Waals surface area (Å²) in [4.78, 5) is 0. The summed E-state index contributed by atoms with van der Waals surface area (Å²) in [5.41, 5.74) is 0. The largest absolute Gasteiger partial charge is 0.375 e. The fraction of sp³-hybridized carbons (Fsp3) is 1.00. The molecule has 1 N–H and O–H groups in total. The molecule has 1 fully saturated rings. The minimum atomic E-state index is 0.207. The summed E-state index contributed by atoms with van der Waals surface area (Å²) in [6, 6.07) is 0. The van der Waals surface area contributed by atoms with Crippen LogP contribution in [0.25, 0.3) is 0 Å². The van der Waals surface area contributed by atoms with Gasteiger partial charge in [0.1, 0.15) is 0 Å². The zero-order valence-electron chi connectivity index (χ0n) is 6.58. The third-order valence-corrected chi connectivity index (χ3v) is 1.82. The summed E-state index contributed by atoms with van der Waals surface area (Å²) >= 11 is 0. The Morgan fingerprint density at radius 3 is 2.70 bits per heavy atom. The SMILES string of the molecule is CC(C)C1CN(O)CCO1. The summed E-state index contributed by atoms with van der Waals surface area (Å²) in [5.74, 6) is 0.495. The van der Waals surface area contributed by atoms with Crippen molar-refractivity contribution in [1.29, 1.82) is 0 Å². The highest BCUT2D eigenvalue weighted by Crippen LogP contribution is 2.11. The van der Waals surface area contributed by atoms with Gasteiger partial charge in [0.25, 0.3) is 0 Å². The Morgan fingerprint density at radius 1 is 1.60 bits per heavy atom. The highest BCUT2D eigenvalue weighted by atomic mass is 16.5. The normalized spacial score (nSPS) is 29.4. The van der Waals surface area contributed by atoms with E-state index >= 15 is 0 Å². The van der Waals surface area contributed by atoms with Crippen LogP contribution in [0.5, 0.6) is 0 Å². The van der Waals surface area contributed by atoms with Crippen molar-refractivity contribution in [2.24, 2.45) is 5.92 Å². The first-order valence-electron chi connectivity index (χ1n) is 3.75. The number of hydrogen-bond acceptors (Lipinski definition) is 3. The Labute approximate surface area is 61.5 Å². The lowest BCUT2D eigenvalue weighted by atomic mass is 10.1. The van der Waals surface area contributed by atoms with E-state index in [9.17, 15) is 0 Å². The second kappa shape index (κ2) is 3.32. The molecule has 1 rings (SSSR count). The molecule has 10 heavy (non-hydrogen) atoms. The van der Waals surface area contributed by atoms with E-state index in [1.54, 1.807) is 0 Å². The topological polar surface area (TPSA) is 32.7 Å². The quantitative estimate of drug-likeness (QED) is 0.590. The second-order valence-electron chi connectivity index (χ2n) is 3.07. The first-order valence-corrected chi connectivity index (χ1v) is 3.75. The summed E-state index contributed by atoms with van der Waals surface area (Å²) in [5, 5.41) is 10.4. The van der Waals surface area contributed by atoms with Crippen LogP contribution in [0.4, 0.5) is 0 Å². The third-order valence-electron chi connectivity index (χ3n) is 1.82. The van der Waals surface area contributed by atoms with Gasteiger partial charge < -0.3 is 9.94 Å². The van der Waals surface area contributed by atoms with E-state index in [4.69, 9.17) is 9.94 Å². The van der Waals surface area contributed by atoms with Crippen LogP contribution in [-0.4, -0.2) is 36.1 Å². The highest BCUT2D eigenvalue weighted by Gasteiger charge is 2.21. The summed E-state index contributed by atoms with van der Waals surface area (Å²) in [7, 11) is 0. The smallest absolute Gasteiger partial charge is 0.0748 e. The predicted octanol–water partition coefficient (Wildman–Crippen LogP) is 0.732. The number of ether oxygens (including phenoxy) is 1. The summed E-state index contributed by atoms with van der Waals surface area (Å²) in [6.07, 6.45) is 0.207. The van der Waals surface area contributed by atoms with E-state index < -0.39 is 0 Å². The van der Waals surface area contributed by atoms with Crippen molar-refractivity contribution < 1.29 is 9.94 Å². The molecule has 0 radical (unpaired) electrons. The number of nitrogens with zero attached hydrogens (tertiary/aromatic N) is 1. The lowest BCUT2D eigenvalue weighted by Crippen LogP contribution is -2.42. The van der Waals surface area contributed by atoms with Gasteiger partial charge in [-0.1, -0.05) is 13.8 Å². The average molecular weight is 145 g/mol. The van der Waals surface area contributed by atoms with Crippen LogP contribution in [0.3, 0.4) is 0 Å². The second-order valence-corrected chi connectivity index (χ2v) is 3.07. The molecule has 1 saturated heterocycles. The third kappa shape index (κ3) is 1.94. The van der Waals surface area contributed by atoms with Crippen molar-refractivity contribution in [2.75, 3.05) is 19.7 Å². The van der Waals surface area contributed by atoms with Crippen LogP contribution in [0.1, 0.15) is 13.8 Å². The molecule has 0 spiro atoms. The molecule has 0 bridgehead atoms. The monoisotopic (exact) mass is 145 g/mol. The standard InChI is InChI=1S/C7H15NO2/c1-6(2)7-5-8(9)3-4-10-7/h6-7,9H,3-5H2,1-2H3. The van der Waals surface area contributed by atoms with Gasteiger partial charge in [0.05, 0.1) is 19.3 Å². The molecule has 0 aromatic carbocycles. The van der Waals surface area contributed by atoms with E-state index in [-0.39, 0.29) is 6.10 Å². The van der Waals surface area contributed by atoms with Gasteiger partial charge in [0.15, 0.2) is 0 Å². The average Bonchev–Trinajstić information content (AvgIpc) is 1.88. The van der Waals surface area contributed by atoms with Gasteiger partial charge >= 0.3 is 0 Å². The van der Waals surface area contributed by atoms with Crippen molar-refractivity contribution in [1.82, 2.24) is 5.06 Å². The van der Waals surface area contributed by atoms with Crippen molar-refractivity contribution in [3.63, 3.8) is 0 Å². The van der Waals surface area contributed by atoms with Crippen molar-refractivity contribution in [2.45, 2.75) is 20.0 Å². The first kappa shape index (κ1) is 7.98. The van der Waals surface area contributed by atoms with Gasteiger partial charge in [0.2, 0.25) is 0 Å². The summed E-state index contributed by atoms with van der Waals surface area (Å²) < 4.78 is 5.41. The number of hydroxylamine groups is 2. The highest BCUT2D eigenvalue weighted by molar-refractivity contribution is 4.68. The molecule has 0 aromatic rings. The van der Waals surface area contributed by atoms with Crippen LogP contribution in [0.15, 0.2) is 0 Å². The van der Waals surface area contributed by atoms with Crippen LogP contribution >= 0.6 is 0 Å². The van der Waals surface area contributed by atoms with Crippen LogP contribution in [0, 0.1) is 5.92 Å². The Morgan fingerprint density at radius 2 is 2.30 bits per heavy atom. The lowest BCUT2D eigenvalue weighted by Gasteiger charge is -2.30.